The Morgan fingerprint density at radius 3 is 1.73 bits per heavy atom. The van der Waals surface area contributed by atoms with Crippen LogP contribution < -0.4 is 4.90 Å². The molecule has 0 atom stereocenters. The number of hydrogen-bond acceptors (Lipinski definition) is 3. The van der Waals surface area contributed by atoms with Crippen LogP contribution in [0.4, 0.5) is 17.1 Å². The lowest BCUT2D eigenvalue weighted by Gasteiger charge is -2.29. The van der Waals surface area contributed by atoms with Gasteiger partial charge >= 0.3 is 0 Å². The van der Waals surface area contributed by atoms with Crippen molar-refractivity contribution >= 4 is 93.5 Å². The molecule has 3 aromatic heterocycles. The van der Waals surface area contributed by atoms with Gasteiger partial charge in [0.05, 0.1) is 27.8 Å². The molecule has 0 amide bonds. The van der Waals surface area contributed by atoms with Crippen LogP contribution in [-0.4, -0.2) is 4.57 Å². The maximum atomic E-state index is 6.95. The van der Waals surface area contributed by atoms with E-state index in [4.69, 9.17) is 8.83 Å². The molecule has 0 N–H and O–H groups in total. The second-order valence-corrected chi connectivity index (χ2v) is 16.0. The summed E-state index contributed by atoms with van der Waals surface area (Å²) in [6, 6.07) is 77.9. The van der Waals surface area contributed by atoms with Crippen LogP contribution >= 0.6 is 0 Å². The summed E-state index contributed by atoms with van der Waals surface area (Å²) in [5, 5.41) is 9.18. The monoisotopic (exact) mass is 792 g/mol. The molecule has 0 bridgehead atoms. The number of anilines is 3. The largest absolute Gasteiger partial charge is 0.456 e. The third-order valence-corrected chi connectivity index (χ3v) is 12.6. The highest BCUT2D eigenvalue weighted by molar-refractivity contribution is 6.19. The molecule has 0 aliphatic heterocycles. The zero-order chi connectivity index (χ0) is 40.7. The molecule has 0 unspecified atom stereocenters. The lowest BCUT2D eigenvalue weighted by Crippen LogP contribution is -2.12. The standard InChI is InChI=1S/C58H36N2O2/c1-2-15-39-36-41(33-28-37(39)14-1)60(51-24-10-5-18-45(51)46-21-13-27-55-56(46)47-19-6-11-25-53(47)61-55)52-35-34-42(58-57(52)48-20-7-12-26-54(48)62-58)38-29-31-40(32-30-38)59-49-22-8-3-16-43(49)44-17-4-9-23-50(44)59/h1-36H. The Balaban J connectivity index is 1.04. The van der Waals surface area contributed by atoms with Crippen molar-refractivity contribution in [3.8, 4) is 27.9 Å². The predicted molar refractivity (Wildman–Crippen MR) is 258 cm³/mol. The normalized spacial score (nSPS) is 11.9. The fourth-order valence-electron chi connectivity index (χ4n) is 9.83. The zero-order valence-electron chi connectivity index (χ0n) is 33.5. The summed E-state index contributed by atoms with van der Waals surface area (Å²) in [6.07, 6.45) is 0. The molecule has 13 rings (SSSR count). The summed E-state index contributed by atoms with van der Waals surface area (Å²) in [7, 11) is 0. The van der Waals surface area contributed by atoms with Gasteiger partial charge in [0.15, 0.2) is 0 Å². The van der Waals surface area contributed by atoms with Gasteiger partial charge in [0.2, 0.25) is 0 Å². The van der Waals surface area contributed by atoms with Crippen molar-refractivity contribution in [2.75, 3.05) is 4.90 Å². The van der Waals surface area contributed by atoms with Gasteiger partial charge in [-0.3, -0.25) is 0 Å². The van der Waals surface area contributed by atoms with Crippen LogP contribution in [0.5, 0.6) is 0 Å². The maximum absolute atomic E-state index is 6.95. The van der Waals surface area contributed by atoms with E-state index >= 15 is 0 Å². The third-order valence-electron chi connectivity index (χ3n) is 12.6. The van der Waals surface area contributed by atoms with E-state index in [-0.39, 0.29) is 0 Å². The number of rotatable bonds is 6. The Kier molecular flexibility index (Phi) is 7.57. The van der Waals surface area contributed by atoms with Crippen LogP contribution in [0.15, 0.2) is 227 Å². The number of hydrogen-bond donors (Lipinski definition) is 0. The minimum absolute atomic E-state index is 0.847. The van der Waals surface area contributed by atoms with Gasteiger partial charge in [-0.1, -0.05) is 146 Å². The lowest BCUT2D eigenvalue weighted by atomic mass is 9.95. The predicted octanol–water partition coefficient (Wildman–Crippen LogP) is 16.5. The summed E-state index contributed by atoms with van der Waals surface area (Å²) in [4.78, 5) is 2.42. The molecular weight excluding hydrogens is 757 g/mol. The van der Waals surface area contributed by atoms with Crippen molar-refractivity contribution in [1.29, 1.82) is 0 Å². The van der Waals surface area contributed by atoms with Gasteiger partial charge < -0.3 is 18.3 Å². The van der Waals surface area contributed by atoms with Gasteiger partial charge in [0, 0.05) is 49.4 Å². The third kappa shape index (κ3) is 5.20. The van der Waals surface area contributed by atoms with Crippen LogP contribution in [0.1, 0.15) is 0 Å². The fraction of sp³-hybridized carbons (Fsp3) is 0. The number of benzene rings is 10. The van der Waals surface area contributed by atoms with Crippen LogP contribution in [0.2, 0.25) is 0 Å². The summed E-state index contributed by atoms with van der Waals surface area (Å²) in [6.45, 7) is 0. The highest BCUT2D eigenvalue weighted by Crippen LogP contribution is 2.50. The fourth-order valence-corrected chi connectivity index (χ4v) is 9.83. The zero-order valence-corrected chi connectivity index (χ0v) is 33.5. The average molecular weight is 793 g/mol. The summed E-state index contributed by atoms with van der Waals surface area (Å²) in [5.74, 6) is 0. The van der Waals surface area contributed by atoms with Crippen molar-refractivity contribution < 1.29 is 8.83 Å². The number of fused-ring (bicyclic) bond motifs is 10. The Labute approximate surface area is 356 Å². The molecule has 4 heteroatoms. The molecular formula is C58H36N2O2. The molecule has 0 saturated heterocycles. The van der Waals surface area contributed by atoms with Gasteiger partial charge in [-0.05, 0) is 94.7 Å². The van der Waals surface area contributed by atoms with Crippen molar-refractivity contribution in [3.05, 3.63) is 218 Å². The molecule has 0 radical (unpaired) electrons. The highest BCUT2D eigenvalue weighted by atomic mass is 16.3. The van der Waals surface area contributed by atoms with Gasteiger partial charge in [-0.2, -0.15) is 0 Å². The molecule has 0 fully saturated rings. The van der Waals surface area contributed by atoms with E-state index < -0.39 is 0 Å². The first kappa shape index (κ1) is 34.5. The second-order valence-electron chi connectivity index (χ2n) is 16.0. The van der Waals surface area contributed by atoms with Gasteiger partial charge in [0.1, 0.15) is 22.3 Å². The van der Waals surface area contributed by atoms with E-state index in [0.717, 1.165) is 88.9 Å². The molecule has 0 saturated carbocycles. The number of furan rings is 2. The second kappa shape index (κ2) is 13.6. The molecule has 0 aliphatic carbocycles. The van der Waals surface area contributed by atoms with Crippen LogP contribution in [0.3, 0.4) is 0 Å². The van der Waals surface area contributed by atoms with E-state index in [2.05, 4.69) is 216 Å². The Morgan fingerprint density at radius 2 is 0.952 bits per heavy atom. The van der Waals surface area contributed by atoms with Gasteiger partial charge in [0.25, 0.3) is 0 Å². The SMILES string of the molecule is c1ccc(N(c2ccc3ccccc3c2)c2ccc(-c3ccc(-n4c5ccccc5c5ccccc54)cc3)c3oc4ccccc4c23)c(-c2cccc3oc4ccccc4c23)c1. The average Bonchev–Trinajstić information content (AvgIpc) is 4.02. The Hall–Kier alpha value is -8.34. The van der Waals surface area contributed by atoms with Crippen LogP contribution in [0, 0.1) is 0 Å². The maximum Gasteiger partial charge on any atom is 0.145 e. The minimum Gasteiger partial charge on any atom is -0.456 e. The van der Waals surface area contributed by atoms with Crippen molar-refractivity contribution in [3.63, 3.8) is 0 Å². The minimum atomic E-state index is 0.847. The Bertz CT molecular complexity index is 3830. The molecule has 13 aromatic rings. The number of aromatic nitrogens is 1. The molecule has 10 aromatic carbocycles. The van der Waals surface area contributed by atoms with Crippen LogP contribution in [0.25, 0.3) is 104 Å². The molecule has 4 nitrogen and oxygen atoms in total. The molecule has 62 heavy (non-hydrogen) atoms. The Morgan fingerprint density at radius 1 is 0.355 bits per heavy atom. The van der Waals surface area contributed by atoms with Crippen molar-refractivity contribution in [1.82, 2.24) is 4.57 Å². The smallest absolute Gasteiger partial charge is 0.145 e. The number of nitrogens with zero attached hydrogens (tertiary/aromatic N) is 2. The number of para-hydroxylation sites is 5. The van der Waals surface area contributed by atoms with E-state index in [0.29, 0.717) is 0 Å². The van der Waals surface area contributed by atoms with Crippen LogP contribution in [-0.2, 0) is 0 Å². The van der Waals surface area contributed by atoms with E-state index in [1.54, 1.807) is 0 Å². The van der Waals surface area contributed by atoms with Crippen molar-refractivity contribution in [2.45, 2.75) is 0 Å². The summed E-state index contributed by atoms with van der Waals surface area (Å²) >= 11 is 0. The summed E-state index contributed by atoms with van der Waals surface area (Å²) < 4.78 is 15.7. The molecule has 3 heterocycles. The van der Waals surface area contributed by atoms with E-state index in [9.17, 15) is 0 Å². The van der Waals surface area contributed by atoms with E-state index in [1.807, 2.05) is 12.1 Å². The van der Waals surface area contributed by atoms with E-state index in [1.165, 1.54) is 32.6 Å². The molecule has 0 spiro atoms. The summed E-state index contributed by atoms with van der Waals surface area (Å²) in [5.41, 5.74) is 14.4. The topological polar surface area (TPSA) is 34.5 Å². The molecule has 290 valence electrons. The first-order chi connectivity index (χ1) is 30.8. The van der Waals surface area contributed by atoms with Gasteiger partial charge in [-0.25, -0.2) is 0 Å². The quantitative estimate of drug-likeness (QED) is 0.168. The van der Waals surface area contributed by atoms with Gasteiger partial charge in [-0.15, -0.1) is 0 Å². The molecule has 0 aliphatic rings. The lowest BCUT2D eigenvalue weighted by molar-refractivity contribution is 0.669. The highest BCUT2D eigenvalue weighted by Gasteiger charge is 2.25. The first-order valence-corrected chi connectivity index (χ1v) is 21.1. The first-order valence-electron chi connectivity index (χ1n) is 21.1. The van der Waals surface area contributed by atoms with Crippen molar-refractivity contribution in [2.24, 2.45) is 0 Å².